The average molecular weight is 465 g/mol. The monoisotopic (exact) mass is 465 g/mol. The summed E-state index contributed by atoms with van der Waals surface area (Å²) in [4.78, 5) is 22.2. The molecule has 0 aliphatic carbocycles. The highest BCUT2D eigenvalue weighted by atomic mass is 19.1. The molecule has 1 N–H and O–H groups in total. The van der Waals surface area contributed by atoms with Crippen molar-refractivity contribution < 1.29 is 26.8 Å². The van der Waals surface area contributed by atoms with E-state index in [1.807, 2.05) is 0 Å². The van der Waals surface area contributed by atoms with E-state index < -0.39 is 46.7 Å². The Hall–Kier alpha value is -4.41. The van der Waals surface area contributed by atoms with Crippen molar-refractivity contribution in [1.29, 1.82) is 0 Å². The van der Waals surface area contributed by atoms with Crippen LogP contribution < -0.4 is 0 Å². The molecule has 0 spiro atoms. The number of hydrogen-bond acceptors (Lipinski definition) is 6. The van der Waals surface area contributed by atoms with Gasteiger partial charge in [-0.25, -0.2) is 18.2 Å². The Labute approximate surface area is 189 Å². The Balaban J connectivity index is 1.41. The van der Waals surface area contributed by atoms with Crippen LogP contribution in [0.4, 0.5) is 13.2 Å². The third-order valence-electron chi connectivity index (χ3n) is 5.77. The van der Waals surface area contributed by atoms with Crippen molar-refractivity contribution in [3.8, 4) is 11.5 Å². The number of H-pyrrole nitrogens is 1. The van der Waals surface area contributed by atoms with Crippen molar-refractivity contribution >= 4 is 16.9 Å². The van der Waals surface area contributed by atoms with Crippen LogP contribution in [0.2, 0.25) is 0 Å². The highest BCUT2D eigenvalue weighted by molar-refractivity contribution is 5.91. The number of halogens is 3. The summed E-state index contributed by atoms with van der Waals surface area (Å²) in [7, 11) is 0. The fourth-order valence-electron chi connectivity index (χ4n) is 4.20. The first-order valence-electron chi connectivity index (χ1n) is 10.3. The molecular weight excluding hydrogens is 451 g/mol. The van der Waals surface area contributed by atoms with E-state index in [1.54, 1.807) is 6.07 Å². The minimum Gasteiger partial charge on any atom is -0.458 e. The van der Waals surface area contributed by atoms with Crippen LogP contribution in [-0.4, -0.2) is 37.5 Å². The Morgan fingerprint density at radius 2 is 1.79 bits per heavy atom. The second-order valence-electron chi connectivity index (χ2n) is 7.73. The quantitative estimate of drug-likeness (QED) is 0.424. The predicted molar refractivity (Wildman–Crippen MR) is 111 cm³/mol. The van der Waals surface area contributed by atoms with E-state index in [9.17, 15) is 18.0 Å². The van der Waals surface area contributed by atoms with E-state index in [2.05, 4.69) is 20.2 Å². The number of carbonyl (C=O) groups is 1. The van der Waals surface area contributed by atoms with Gasteiger partial charge in [0.1, 0.15) is 40.4 Å². The number of hydrogen-bond donors (Lipinski definition) is 1. The minimum absolute atomic E-state index is 0.226. The van der Waals surface area contributed by atoms with Crippen molar-refractivity contribution in [1.82, 2.24) is 25.1 Å². The number of nitrogens with zero attached hydrogens (tertiary/aromatic N) is 4. The number of nitrogens with one attached hydrogen (secondary N) is 1. The molecule has 11 heteroatoms. The molecule has 5 aromatic rings. The van der Waals surface area contributed by atoms with Crippen LogP contribution in [0.1, 0.15) is 33.9 Å². The van der Waals surface area contributed by atoms with E-state index >= 15 is 0 Å². The maximum absolute atomic E-state index is 14.3. The van der Waals surface area contributed by atoms with E-state index in [-0.39, 0.29) is 11.9 Å². The lowest BCUT2D eigenvalue weighted by Gasteiger charge is -2.32. The first-order chi connectivity index (χ1) is 16.5. The summed E-state index contributed by atoms with van der Waals surface area (Å²) in [5.74, 6) is -3.57. The Bertz CT molecular complexity index is 1540. The van der Waals surface area contributed by atoms with Gasteiger partial charge in [0.05, 0.1) is 17.4 Å². The highest BCUT2D eigenvalue weighted by Crippen LogP contribution is 2.37. The van der Waals surface area contributed by atoms with Crippen LogP contribution in [0.3, 0.4) is 0 Å². The van der Waals surface area contributed by atoms with Gasteiger partial charge in [-0.15, -0.1) is 10.2 Å². The zero-order valence-corrected chi connectivity index (χ0v) is 17.3. The normalized spacial score (nSPS) is 15.6. The van der Waals surface area contributed by atoms with Crippen molar-refractivity contribution in [2.45, 2.75) is 12.5 Å². The summed E-state index contributed by atoms with van der Waals surface area (Å²) in [5.41, 5.74) is 1.13. The minimum atomic E-state index is -0.899. The lowest BCUT2D eigenvalue weighted by molar-refractivity contribution is 0.0632. The number of rotatable bonds is 3. The smallest absolute Gasteiger partial charge is 0.312 e. The van der Waals surface area contributed by atoms with Crippen LogP contribution in [-0.2, 0) is 6.42 Å². The fraction of sp³-hybridized carbons (Fsp3) is 0.130. The van der Waals surface area contributed by atoms with E-state index in [4.69, 9.17) is 8.83 Å². The van der Waals surface area contributed by atoms with E-state index in [1.165, 1.54) is 35.5 Å². The van der Waals surface area contributed by atoms with Gasteiger partial charge in [0.25, 0.3) is 5.89 Å². The van der Waals surface area contributed by atoms with Crippen LogP contribution >= 0.6 is 0 Å². The van der Waals surface area contributed by atoms with Gasteiger partial charge < -0.3 is 18.7 Å². The highest BCUT2D eigenvalue weighted by Gasteiger charge is 2.39. The summed E-state index contributed by atoms with van der Waals surface area (Å²) in [6.45, 7) is 0.226. The number of furan rings is 1. The van der Waals surface area contributed by atoms with Crippen molar-refractivity contribution in [3.63, 3.8) is 0 Å². The topological polar surface area (TPSA) is 101 Å². The maximum atomic E-state index is 14.3. The number of carbonyl (C=O) groups excluding carboxylic acids is 1. The number of aromatic amines is 1. The van der Waals surface area contributed by atoms with Gasteiger partial charge in [-0.1, -0.05) is 12.1 Å². The van der Waals surface area contributed by atoms with Gasteiger partial charge in [-0.2, -0.15) is 0 Å². The van der Waals surface area contributed by atoms with Crippen LogP contribution in [0.25, 0.3) is 22.4 Å². The molecule has 0 unspecified atom stereocenters. The molecule has 34 heavy (non-hydrogen) atoms. The van der Waals surface area contributed by atoms with Gasteiger partial charge in [-0.05, 0) is 30.3 Å². The molecule has 4 heterocycles. The second kappa shape index (κ2) is 7.58. The summed E-state index contributed by atoms with van der Waals surface area (Å²) >= 11 is 0. The molecule has 0 saturated carbocycles. The number of imidazole rings is 1. The first kappa shape index (κ1) is 20.2. The van der Waals surface area contributed by atoms with Gasteiger partial charge in [0.15, 0.2) is 0 Å². The van der Waals surface area contributed by atoms with E-state index in [0.29, 0.717) is 23.5 Å². The Morgan fingerprint density at radius 1 is 1.03 bits per heavy atom. The second-order valence-corrected chi connectivity index (χ2v) is 7.73. The zero-order valence-electron chi connectivity index (χ0n) is 17.3. The van der Waals surface area contributed by atoms with E-state index in [0.717, 1.165) is 17.8 Å². The molecule has 3 aromatic heterocycles. The maximum Gasteiger partial charge on any atom is 0.312 e. The fourth-order valence-corrected chi connectivity index (χ4v) is 4.20. The molecule has 170 valence electrons. The number of benzene rings is 2. The first-order valence-corrected chi connectivity index (χ1v) is 10.3. The van der Waals surface area contributed by atoms with Crippen LogP contribution in [0.15, 0.2) is 57.6 Å². The summed E-state index contributed by atoms with van der Waals surface area (Å²) in [6, 6.07) is 8.46. The Kier molecular flexibility index (Phi) is 4.51. The summed E-state index contributed by atoms with van der Waals surface area (Å²) in [5, 5.41) is 7.65. The third kappa shape index (κ3) is 3.08. The van der Waals surface area contributed by atoms with Crippen molar-refractivity contribution in [2.24, 2.45) is 0 Å². The van der Waals surface area contributed by atoms with Gasteiger partial charge in [-0.3, -0.25) is 4.79 Å². The molecule has 8 nitrogen and oxygen atoms in total. The molecule has 1 atom stereocenters. The molecule has 6 rings (SSSR count). The summed E-state index contributed by atoms with van der Waals surface area (Å²) < 4.78 is 53.8. The molecule has 1 aliphatic rings. The van der Waals surface area contributed by atoms with Gasteiger partial charge in [0, 0.05) is 18.7 Å². The molecule has 0 radical (unpaired) electrons. The standard InChI is InChI=1S/C23H14F3N5O3/c24-12-3-2-6-16-11(12)9-17(33-16)20-19-15(27-10-28-19)7-8-31(20)23(32)22-30-29-21(34-22)18-13(25)4-1-5-14(18)26/h1-6,9-10,20H,7-8H2,(H,27,28)/t20-/m1/s1. The molecule has 1 aliphatic heterocycles. The number of amides is 1. The number of fused-ring (bicyclic) bond motifs is 2. The third-order valence-corrected chi connectivity index (χ3v) is 5.77. The van der Waals surface area contributed by atoms with Crippen molar-refractivity contribution in [3.05, 3.63) is 89.3 Å². The van der Waals surface area contributed by atoms with Crippen LogP contribution in [0.5, 0.6) is 0 Å². The molecule has 2 aromatic carbocycles. The predicted octanol–water partition coefficient (Wildman–Crippen LogP) is 4.41. The van der Waals surface area contributed by atoms with Crippen LogP contribution in [0, 0.1) is 17.5 Å². The number of aromatic nitrogens is 4. The zero-order chi connectivity index (χ0) is 23.4. The average Bonchev–Trinajstić information content (AvgIpc) is 3.57. The van der Waals surface area contributed by atoms with Gasteiger partial charge in [0.2, 0.25) is 0 Å². The lowest BCUT2D eigenvalue weighted by atomic mass is 10.00. The molecule has 0 saturated heterocycles. The molecule has 0 fully saturated rings. The van der Waals surface area contributed by atoms with Gasteiger partial charge >= 0.3 is 11.8 Å². The lowest BCUT2D eigenvalue weighted by Crippen LogP contribution is -2.40. The molecule has 0 bridgehead atoms. The largest absolute Gasteiger partial charge is 0.458 e. The molecule has 1 amide bonds. The van der Waals surface area contributed by atoms with Crippen molar-refractivity contribution in [2.75, 3.05) is 6.54 Å². The SMILES string of the molecule is O=C(c1nnc(-c2c(F)cccc2F)o1)N1CCc2[nH]cnc2[C@H]1c1cc2c(F)cccc2o1. The Morgan fingerprint density at radius 3 is 2.59 bits per heavy atom. The summed E-state index contributed by atoms with van der Waals surface area (Å²) in [6.07, 6.45) is 1.95. The molecular formula is C23H14F3N5O3.